The van der Waals surface area contributed by atoms with E-state index >= 15 is 0 Å². The molecule has 6 nitrogen and oxygen atoms in total. The van der Waals surface area contributed by atoms with Crippen LogP contribution >= 0.6 is 0 Å². The van der Waals surface area contributed by atoms with Gasteiger partial charge in [0.15, 0.2) is 0 Å². The number of nitrogens with zero attached hydrogens (tertiary/aromatic N) is 4. The first-order valence-corrected chi connectivity index (χ1v) is 6.95. The first kappa shape index (κ1) is 13.8. The predicted octanol–water partition coefficient (Wildman–Crippen LogP) is 1.44. The van der Waals surface area contributed by atoms with E-state index in [0.717, 1.165) is 30.9 Å². The van der Waals surface area contributed by atoms with Gasteiger partial charge in [0, 0.05) is 25.5 Å². The lowest BCUT2D eigenvalue weighted by atomic mass is 9.91. The van der Waals surface area contributed by atoms with Crippen molar-refractivity contribution in [2.75, 3.05) is 25.1 Å². The van der Waals surface area contributed by atoms with Gasteiger partial charge in [-0.25, -0.2) is 9.97 Å². The fourth-order valence-corrected chi connectivity index (χ4v) is 2.51. The Hall–Kier alpha value is -2.21. The Balaban J connectivity index is 1.51. The molecule has 1 fully saturated rings. The molecule has 1 unspecified atom stereocenters. The van der Waals surface area contributed by atoms with Crippen LogP contribution in [0.2, 0.25) is 0 Å². The van der Waals surface area contributed by atoms with Gasteiger partial charge in [0.05, 0.1) is 25.6 Å². The van der Waals surface area contributed by atoms with Crippen molar-refractivity contribution in [2.24, 2.45) is 5.92 Å². The number of hydrogen-bond acceptors (Lipinski definition) is 6. The van der Waals surface area contributed by atoms with E-state index in [0.29, 0.717) is 11.8 Å². The maximum atomic E-state index is 10.2. The van der Waals surface area contributed by atoms with Crippen molar-refractivity contribution in [3.63, 3.8) is 0 Å². The van der Waals surface area contributed by atoms with E-state index in [-0.39, 0.29) is 0 Å². The van der Waals surface area contributed by atoms with E-state index in [9.17, 15) is 5.11 Å². The summed E-state index contributed by atoms with van der Waals surface area (Å²) in [6.07, 6.45) is 7.05. The van der Waals surface area contributed by atoms with Crippen molar-refractivity contribution in [3.8, 4) is 5.88 Å². The molecule has 21 heavy (non-hydrogen) atoms. The average molecular weight is 286 g/mol. The largest absolute Gasteiger partial charge is 0.480 e. The van der Waals surface area contributed by atoms with Gasteiger partial charge in [-0.1, -0.05) is 6.07 Å². The number of anilines is 1. The number of aliphatic hydroxyl groups is 1. The molecule has 0 amide bonds. The SMILES string of the molecule is COc1cnc(N2CC(CC(O)c3cccnc3)C2)cn1. The van der Waals surface area contributed by atoms with Gasteiger partial charge in [-0.15, -0.1) is 0 Å². The number of rotatable bonds is 5. The minimum atomic E-state index is -0.451. The zero-order valence-electron chi connectivity index (χ0n) is 11.9. The van der Waals surface area contributed by atoms with Crippen molar-refractivity contribution in [2.45, 2.75) is 12.5 Å². The Morgan fingerprint density at radius 3 is 2.81 bits per heavy atom. The summed E-state index contributed by atoms with van der Waals surface area (Å²) < 4.78 is 4.99. The van der Waals surface area contributed by atoms with Gasteiger partial charge < -0.3 is 14.7 Å². The predicted molar refractivity (Wildman–Crippen MR) is 78.1 cm³/mol. The normalized spacial score (nSPS) is 16.4. The maximum Gasteiger partial charge on any atom is 0.232 e. The topological polar surface area (TPSA) is 71.4 Å². The first-order valence-electron chi connectivity index (χ1n) is 6.95. The molecule has 0 aromatic carbocycles. The lowest BCUT2D eigenvalue weighted by molar-refractivity contribution is 0.134. The van der Waals surface area contributed by atoms with Crippen LogP contribution in [0.5, 0.6) is 5.88 Å². The molecule has 2 aromatic rings. The molecule has 3 heterocycles. The molecule has 0 radical (unpaired) electrons. The lowest BCUT2D eigenvalue weighted by Gasteiger charge is -2.40. The van der Waals surface area contributed by atoms with Crippen LogP contribution in [0, 0.1) is 5.92 Å². The van der Waals surface area contributed by atoms with Crippen LogP contribution < -0.4 is 9.64 Å². The highest BCUT2D eigenvalue weighted by Gasteiger charge is 2.30. The fourth-order valence-electron chi connectivity index (χ4n) is 2.51. The van der Waals surface area contributed by atoms with Crippen LogP contribution in [0.25, 0.3) is 0 Å². The second kappa shape index (κ2) is 6.05. The standard InChI is InChI=1S/C15H18N4O2/c1-21-15-8-17-14(7-18-15)19-9-11(10-19)5-13(20)12-3-2-4-16-6-12/h2-4,6-8,11,13,20H,5,9-10H2,1H3. The number of aromatic nitrogens is 3. The van der Waals surface area contributed by atoms with Crippen LogP contribution in [0.3, 0.4) is 0 Å². The van der Waals surface area contributed by atoms with Gasteiger partial charge in [-0.05, 0) is 24.0 Å². The smallest absolute Gasteiger partial charge is 0.232 e. The van der Waals surface area contributed by atoms with Gasteiger partial charge in [-0.2, -0.15) is 0 Å². The van der Waals surface area contributed by atoms with Crippen molar-refractivity contribution >= 4 is 5.82 Å². The van der Waals surface area contributed by atoms with Gasteiger partial charge in [0.1, 0.15) is 5.82 Å². The van der Waals surface area contributed by atoms with Gasteiger partial charge in [-0.3, -0.25) is 4.98 Å². The molecule has 110 valence electrons. The molecule has 0 saturated carbocycles. The monoisotopic (exact) mass is 286 g/mol. The molecule has 6 heteroatoms. The van der Waals surface area contributed by atoms with E-state index in [1.807, 2.05) is 12.1 Å². The van der Waals surface area contributed by atoms with E-state index in [4.69, 9.17) is 4.74 Å². The Morgan fingerprint density at radius 2 is 2.19 bits per heavy atom. The number of hydrogen-bond donors (Lipinski definition) is 1. The zero-order valence-corrected chi connectivity index (χ0v) is 11.9. The van der Waals surface area contributed by atoms with Crippen molar-refractivity contribution in [1.82, 2.24) is 15.0 Å². The van der Waals surface area contributed by atoms with Crippen LogP contribution in [-0.2, 0) is 0 Å². The van der Waals surface area contributed by atoms with Crippen molar-refractivity contribution in [3.05, 3.63) is 42.5 Å². The molecule has 0 spiro atoms. The van der Waals surface area contributed by atoms with Crippen molar-refractivity contribution < 1.29 is 9.84 Å². The first-order chi connectivity index (χ1) is 10.3. The van der Waals surface area contributed by atoms with Crippen LogP contribution in [0.4, 0.5) is 5.82 Å². The second-order valence-corrected chi connectivity index (χ2v) is 5.23. The third-order valence-electron chi connectivity index (χ3n) is 3.73. The molecule has 2 aromatic heterocycles. The Bertz CT molecular complexity index is 570. The summed E-state index contributed by atoms with van der Waals surface area (Å²) in [5.41, 5.74) is 0.875. The summed E-state index contributed by atoms with van der Waals surface area (Å²) in [5, 5.41) is 10.2. The molecule has 0 aliphatic carbocycles. The molecule has 1 N–H and O–H groups in total. The molecule has 1 aliphatic heterocycles. The van der Waals surface area contributed by atoms with Crippen molar-refractivity contribution in [1.29, 1.82) is 0 Å². The maximum absolute atomic E-state index is 10.2. The van der Waals surface area contributed by atoms with Crippen LogP contribution in [0.15, 0.2) is 36.9 Å². The lowest BCUT2D eigenvalue weighted by Crippen LogP contribution is -2.47. The Kier molecular flexibility index (Phi) is 3.96. The summed E-state index contributed by atoms with van der Waals surface area (Å²) in [4.78, 5) is 14.6. The minimum absolute atomic E-state index is 0.451. The Labute approximate surface area is 123 Å². The molecule has 3 rings (SSSR count). The molecule has 1 aliphatic rings. The van der Waals surface area contributed by atoms with Gasteiger partial charge in [0.2, 0.25) is 5.88 Å². The van der Waals surface area contributed by atoms with Gasteiger partial charge >= 0.3 is 0 Å². The highest BCUT2D eigenvalue weighted by atomic mass is 16.5. The fraction of sp³-hybridized carbons (Fsp3) is 0.400. The highest BCUT2D eigenvalue weighted by molar-refractivity contribution is 5.40. The summed E-state index contributed by atoms with van der Waals surface area (Å²) in [7, 11) is 1.57. The summed E-state index contributed by atoms with van der Waals surface area (Å²) in [5.74, 6) is 1.83. The van der Waals surface area contributed by atoms with E-state index in [2.05, 4.69) is 19.9 Å². The molecule has 1 atom stereocenters. The number of aliphatic hydroxyl groups excluding tert-OH is 1. The molecular formula is C15H18N4O2. The molecule has 1 saturated heterocycles. The van der Waals surface area contributed by atoms with E-state index in [1.54, 1.807) is 31.9 Å². The van der Waals surface area contributed by atoms with Gasteiger partial charge in [0.25, 0.3) is 0 Å². The van der Waals surface area contributed by atoms with E-state index < -0.39 is 6.10 Å². The van der Waals surface area contributed by atoms with Crippen LogP contribution in [-0.4, -0.2) is 40.3 Å². The molecular weight excluding hydrogens is 268 g/mol. The number of pyridine rings is 1. The summed E-state index contributed by atoms with van der Waals surface area (Å²) >= 11 is 0. The van der Waals surface area contributed by atoms with E-state index in [1.165, 1.54) is 0 Å². The third-order valence-corrected chi connectivity index (χ3v) is 3.73. The summed E-state index contributed by atoms with van der Waals surface area (Å²) in [6.45, 7) is 1.77. The highest BCUT2D eigenvalue weighted by Crippen LogP contribution is 2.29. The second-order valence-electron chi connectivity index (χ2n) is 5.23. The summed E-state index contributed by atoms with van der Waals surface area (Å²) in [6, 6.07) is 3.75. The van der Waals surface area contributed by atoms with Crippen LogP contribution in [0.1, 0.15) is 18.1 Å². The quantitative estimate of drug-likeness (QED) is 0.896. The minimum Gasteiger partial charge on any atom is -0.480 e. The molecule has 0 bridgehead atoms. The Morgan fingerprint density at radius 1 is 1.33 bits per heavy atom. The zero-order chi connectivity index (χ0) is 14.7. The average Bonchev–Trinajstić information content (AvgIpc) is 2.51. The third kappa shape index (κ3) is 3.11. The number of methoxy groups -OCH3 is 1. The number of ether oxygens (including phenoxy) is 1.